The average Bonchev–Trinajstić information content (AvgIpc) is 3.16. The molecule has 9 nitrogen and oxygen atoms in total. The van der Waals surface area contributed by atoms with Crippen molar-refractivity contribution in [2.75, 3.05) is 4.72 Å². The Hall–Kier alpha value is -2.96. The summed E-state index contributed by atoms with van der Waals surface area (Å²) < 4.78 is 53.6. The van der Waals surface area contributed by atoms with E-state index in [1.807, 2.05) is 0 Å². The summed E-state index contributed by atoms with van der Waals surface area (Å²) in [4.78, 5) is 15.2. The minimum atomic E-state index is -3.98. The van der Waals surface area contributed by atoms with Crippen molar-refractivity contribution < 1.29 is 16.8 Å². The Kier molecular flexibility index (Phi) is 5.45. The zero-order chi connectivity index (χ0) is 22.2. The first-order valence-electron chi connectivity index (χ1n) is 8.96. The smallest absolute Gasteiger partial charge is 0.264 e. The van der Waals surface area contributed by atoms with Crippen LogP contribution < -0.4 is 4.72 Å². The summed E-state index contributed by atoms with van der Waals surface area (Å²) >= 11 is 0. The van der Waals surface area contributed by atoms with Gasteiger partial charge in [-0.15, -0.1) is 0 Å². The van der Waals surface area contributed by atoms with Crippen LogP contribution >= 0.6 is 10.8 Å². The van der Waals surface area contributed by atoms with Crippen molar-refractivity contribution in [3.63, 3.8) is 0 Å². The number of sulfonamides is 1. The number of rotatable bonds is 6. The zero-order valence-electron chi connectivity index (χ0n) is 16.4. The third-order valence-electron chi connectivity index (χ3n) is 4.24. The van der Waals surface area contributed by atoms with E-state index in [4.69, 9.17) is 0 Å². The SMILES string of the molecule is Cc1cccc(S(=O)(=O)Nc2nc(SS(=O)(=O)c3cccc(C)c3)c3[nH]cnc3n2)c1. The second-order valence-electron chi connectivity index (χ2n) is 6.73. The minimum Gasteiger partial charge on any atom is -0.341 e. The molecule has 2 N–H and O–H groups in total. The Morgan fingerprint density at radius 2 is 1.55 bits per heavy atom. The lowest BCUT2D eigenvalue weighted by Crippen LogP contribution is -2.15. The molecule has 4 rings (SSSR count). The molecule has 0 saturated carbocycles. The fourth-order valence-corrected chi connectivity index (χ4v) is 6.67. The van der Waals surface area contributed by atoms with E-state index in [0.29, 0.717) is 16.3 Å². The Morgan fingerprint density at radius 3 is 2.23 bits per heavy atom. The molecule has 0 aliphatic heterocycles. The first kappa shape index (κ1) is 21.3. The fraction of sp³-hybridized carbons (Fsp3) is 0.105. The Bertz CT molecular complexity index is 1500. The van der Waals surface area contributed by atoms with E-state index in [-0.39, 0.29) is 26.4 Å². The van der Waals surface area contributed by atoms with Crippen molar-refractivity contribution in [3.05, 3.63) is 66.0 Å². The maximum Gasteiger partial charge on any atom is 0.264 e. The molecule has 0 bridgehead atoms. The fourth-order valence-electron chi connectivity index (χ4n) is 2.80. The van der Waals surface area contributed by atoms with E-state index in [0.717, 1.165) is 11.1 Å². The van der Waals surface area contributed by atoms with Gasteiger partial charge in [0, 0.05) is 10.8 Å². The summed E-state index contributed by atoms with van der Waals surface area (Å²) in [5.74, 6) is -0.275. The molecule has 2 aromatic heterocycles. The van der Waals surface area contributed by atoms with E-state index in [2.05, 4.69) is 24.7 Å². The van der Waals surface area contributed by atoms with Crippen LogP contribution in [0.1, 0.15) is 11.1 Å². The highest BCUT2D eigenvalue weighted by molar-refractivity contribution is 8.72. The standard InChI is InChI=1S/C19H17N5O4S3/c1-12-5-3-7-14(9-12)30(25,26)24-19-22-17-16(20-11-21-17)18(23-19)29-31(27,28)15-8-4-6-13(2)10-15/h3-11H,1-2H3,(H2,20,21,22,23,24). The molecular weight excluding hydrogens is 458 g/mol. The van der Waals surface area contributed by atoms with Gasteiger partial charge in [0.2, 0.25) is 14.8 Å². The topological polar surface area (TPSA) is 135 Å². The van der Waals surface area contributed by atoms with E-state index in [1.54, 1.807) is 44.2 Å². The maximum atomic E-state index is 12.9. The maximum absolute atomic E-state index is 12.9. The second-order valence-corrected chi connectivity index (χ2v) is 12.2. The molecule has 0 aliphatic carbocycles. The van der Waals surface area contributed by atoms with E-state index in [9.17, 15) is 16.8 Å². The van der Waals surface area contributed by atoms with Crippen molar-refractivity contribution in [1.82, 2.24) is 19.9 Å². The van der Waals surface area contributed by atoms with E-state index < -0.39 is 18.9 Å². The van der Waals surface area contributed by atoms with Gasteiger partial charge in [-0.3, -0.25) is 0 Å². The molecule has 0 saturated heterocycles. The Morgan fingerprint density at radius 1 is 0.903 bits per heavy atom. The molecule has 2 aromatic carbocycles. The van der Waals surface area contributed by atoms with Gasteiger partial charge in [0.1, 0.15) is 10.5 Å². The number of fused-ring (bicyclic) bond motifs is 1. The van der Waals surface area contributed by atoms with Gasteiger partial charge in [0.15, 0.2) is 5.65 Å². The molecule has 12 heteroatoms. The number of hydrogen-bond donors (Lipinski definition) is 2. The highest BCUT2D eigenvalue weighted by atomic mass is 33.1. The number of aryl methyl sites for hydroxylation is 2. The molecule has 0 unspecified atom stereocenters. The Labute approximate surface area is 182 Å². The first-order chi connectivity index (χ1) is 14.6. The van der Waals surface area contributed by atoms with Gasteiger partial charge in [0.25, 0.3) is 10.0 Å². The first-order valence-corrected chi connectivity index (χ1v) is 13.3. The van der Waals surface area contributed by atoms with Crippen LogP contribution in [0.15, 0.2) is 69.7 Å². The number of aromatic amines is 1. The molecule has 31 heavy (non-hydrogen) atoms. The molecular formula is C19H17N5O4S3. The summed E-state index contributed by atoms with van der Waals surface area (Å²) in [5.41, 5.74) is 1.99. The lowest BCUT2D eigenvalue weighted by molar-refractivity contribution is 0.600. The van der Waals surface area contributed by atoms with Crippen molar-refractivity contribution in [3.8, 4) is 0 Å². The van der Waals surface area contributed by atoms with Crippen LogP contribution in [-0.4, -0.2) is 36.8 Å². The normalized spacial score (nSPS) is 12.2. The van der Waals surface area contributed by atoms with Crippen molar-refractivity contribution in [2.24, 2.45) is 0 Å². The number of nitrogens with zero attached hydrogens (tertiary/aromatic N) is 3. The highest BCUT2D eigenvalue weighted by Gasteiger charge is 2.23. The van der Waals surface area contributed by atoms with Crippen LogP contribution in [0.25, 0.3) is 11.2 Å². The molecule has 0 aliphatic rings. The van der Waals surface area contributed by atoms with Crippen LogP contribution in [0.4, 0.5) is 5.95 Å². The van der Waals surface area contributed by atoms with Gasteiger partial charge in [-0.05, 0) is 49.2 Å². The van der Waals surface area contributed by atoms with Crippen LogP contribution in [0.3, 0.4) is 0 Å². The average molecular weight is 476 g/mol. The molecule has 4 aromatic rings. The van der Waals surface area contributed by atoms with Crippen LogP contribution in [0.2, 0.25) is 0 Å². The molecule has 0 spiro atoms. The third kappa shape index (κ3) is 4.55. The molecule has 160 valence electrons. The number of hydrogen-bond acceptors (Lipinski definition) is 8. The summed E-state index contributed by atoms with van der Waals surface area (Å²) in [6, 6.07) is 12.8. The van der Waals surface area contributed by atoms with Gasteiger partial charge >= 0.3 is 0 Å². The second kappa shape index (κ2) is 7.94. The number of aromatic nitrogens is 4. The zero-order valence-corrected chi connectivity index (χ0v) is 18.8. The van der Waals surface area contributed by atoms with Gasteiger partial charge in [-0.1, -0.05) is 24.3 Å². The lowest BCUT2D eigenvalue weighted by atomic mass is 10.2. The number of H-pyrrole nitrogens is 1. The highest BCUT2D eigenvalue weighted by Crippen LogP contribution is 2.34. The molecule has 0 radical (unpaired) electrons. The molecule has 0 amide bonds. The van der Waals surface area contributed by atoms with Crippen LogP contribution in [0.5, 0.6) is 0 Å². The molecule has 2 heterocycles. The monoisotopic (exact) mass is 475 g/mol. The lowest BCUT2D eigenvalue weighted by Gasteiger charge is -2.09. The van der Waals surface area contributed by atoms with E-state index >= 15 is 0 Å². The number of benzene rings is 2. The number of imidazole rings is 1. The summed E-state index contributed by atoms with van der Waals surface area (Å²) in [5, 5.41) is 0.0333. The summed E-state index contributed by atoms with van der Waals surface area (Å²) in [6.45, 7) is 3.57. The summed E-state index contributed by atoms with van der Waals surface area (Å²) in [6.07, 6.45) is 1.33. The van der Waals surface area contributed by atoms with Crippen molar-refractivity contribution in [1.29, 1.82) is 0 Å². The van der Waals surface area contributed by atoms with Gasteiger partial charge in [0.05, 0.1) is 16.1 Å². The predicted octanol–water partition coefficient (Wildman–Crippen LogP) is 3.25. The summed E-state index contributed by atoms with van der Waals surface area (Å²) in [7, 11) is -7.30. The third-order valence-corrected chi connectivity index (χ3v) is 8.78. The largest absolute Gasteiger partial charge is 0.341 e. The number of nitrogens with one attached hydrogen (secondary N) is 2. The number of anilines is 1. The Balaban J connectivity index is 1.73. The van der Waals surface area contributed by atoms with Crippen LogP contribution in [0, 0.1) is 13.8 Å². The molecule has 0 fully saturated rings. The van der Waals surface area contributed by atoms with Crippen molar-refractivity contribution in [2.45, 2.75) is 28.7 Å². The van der Waals surface area contributed by atoms with E-state index in [1.165, 1.54) is 24.5 Å². The quantitative estimate of drug-likeness (QED) is 0.320. The minimum absolute atomic E-state index is 0.0333. The van der Waals surface area contributed by atoms with Gasteiger partial charge in [-0.25, -0.2) is 31.5 Å². The predicted molar refractivity (Wildman–Crippen MR) is 118 cm³/mol. The van der Waals surface area contributed by atoms with Crippen LogP contribution in [-0.2, 0) is 18.9 Å². The van der Waals surface area contributed by atoms with Gasteiger partial charge in [-0.2, -0.15) is 4.98 Å². The van der Waals surface area contributed by atoms with Gasteiger partial charge < -0.3 is 4.98 Å². The molecule has 0 atom stereocenters. The van der Waals surface area contributed by atoms with Crippen molar-refractivity contribution >= 4 is 46.8 Å².